The Morgan fingerprint density at radius 2 is 2.00 bits per heavy atom. The minimum atomic E-state index is -0.627. The number of aromatic nitrogens is 3. The molecule has 1 aromatic carbocycles. The van der Waals surface area contributed by atoms with Gasteiger partial charge in [0.05, 0.1) is 23.7 Å². The van der Waals surface area contributed by atoms with Crippen molar-refractivity contribution < 1.29 is 19.5 Å². The van der Waals surface area contributed by atoms with Crippen LogP contribution in [0.3, 0.4) is 0 Å². The molecule has 5 rings (SSSR count). The summed E-state index contributed by atoms with van der Waals surface area (Å²) >= 11 is 0. The number of benzene rings is 1. The lowest BCUT2D eigenvalue weighted by molar-refractivity contribution is -0.136. The first-order chi connectivity index (χ1) is 14.0. The van der Waals surface area contributed by atoms with Crippen molar-refractivity contribution in [1.82, 2.24) is 25.2 Å². The van der Waals surface area contributed by atoms with E-state index in [1.165, 1.54) is 4.90 Å². The smallest absolute Gasteiger partial charge is 0.255 e. The van der Waals surface area contributed by atoms with Crippen molar-refractivity contribution in [3.05, 3.63) is 41.2 Å². The first-order valence-electron chi connectivity index (χ1n) is 9.89. The van der Waals surface area contributed by atoms with Gasteiger partial charge in [0, 0.05) is 24.4 Å². The van der Waals surface area contributed by atoms with E-state index in [2.05, 4.69) is 15.6 Å². The van der Waals surface area contributed by atoms with Crippen LogP contribution in [-0.4, -0.2) is 54.9 Å². The monoisotopic (exact) mass is 395 g/mol. The molecule has 3 aliphatic rings. The van der Waals surface area contributed by atoms with Gasteiger partial charge in [-0.25, -0.2) is 4.68 Å². The molecule has 150 valence electrons. The molecule has 1 unspecified atom stereocenters. The molecule has 2 aliphatic heterocycles. The summed E-state index contributed by atoms with van der Waals surface area (Å²) in [5.41, 5.74) is 2.83. The number of carbonyl (C=O) groups excluding carboxylic acids is 3. The van der Waals surface area contributed by atoms with Crippen LogP contribution < -0.4 is 5.32 Å². The highest BCUT2D eigenvalue weighted by Gasteiger charge is 2.39. The molecule has 0 radical (unpaired) electrons. The zero-order valence-electron chi connectivity index (χ0n) is 15.7. The van der Waals surface area contributed by atoms with E-state index in [0.717, 1.165) is 30.5 Å². The number of amides is 3. The number of nitrogens with zero attached hydrogens (tertiary/aromatic N) is 4. The van der Waals surface area contributed by atoms with E-state index in [-0.39, 0.29) is 30.3 Å². The van der Waals surface area contributed by atoms with E-state index in [1.807, 2.05) is 12.1 Å². The van der Waals surface area contributed by atoms with Crippen LogP contribution in [0.1, 0.15) is 59.6 Å². The van der Waals surface area contributed by atoms with Crippen molar-refractivity contribution in [1.29, 1.82) is 0 Å². The van der Waals surface area contributed by atoms with Gasteiger partial charge in [-0.05, 0) is 37.0 Å². The quantitative estimate of drug-likeness (QED) is 0.737. The Morgan fingerprint density at radius 1 is 1.14 bits per heavy atom. The molecular weight excluding hydrogens is 374 g/mol. The molecule has 1 aliphatic carbocycles. The predicted octanol–water partition coefficient (Wildman–Crippen LogP) is 0.657. The number of nitrogens with one attached hydrogen (secondary N) is 1. The van der Waals surface area contributed by atoms with Gasteiger partial charge < -0.3 is 10.0 Å². The number of imide groups is 1. The van der Waals surface area contributed by atoms with Gasteiger partial charge in [0.2, 0.25) is 11.8 Å². The molecule has 9 nitrogen and oxygen atoms in total. The van der Waals surface area contributed by atoms with Crippen molar-refractivity contribution >= 4 is 17.7 Å². The number of hydrogen-bond donors (Lipinski definition) is 2. The molecule has 2 aromatic rings. The highest BCUT2D eigenvalue weighted by molar-refractivity contribution is 6.05. The van der Waals surface area contributed by atoms with Crippen LogP contribution >= 0.6 is 0 Å². The molecule has 3 atom stereocenters. The lowest BCUT2D eigenvalue weighted by Gasteiger charge is -2.29. The molecule has 29 heavy (non-hydrogen) atoms. The topological polar surface area (TPSA) is 117 Å². The average Bonchev–Trinajstić information content (AvgIpc) is 3.41. The fourth-order valence-corrected chi connectivity index (χ4v) is 4.54. The van der Waals surface area contributed by atoms with Crippen LogP contribution in [0.25, 0.3) is 5.69 Å². The Balaban J connectivity index is 1.39. The largest absolute Gasteiger partial charge is 0.392 e. The Kier molecular flexibility index (Phi) is 4.20. The van der Waals surface area contributed by atoms with Crippen LogP contribution in [0.15, 0.2) is 24.4 Å². The molecule has 0 bridgehead atoms. The van der Waals surface area contributed by atoms with Crippen molar-refractivity contribution in [3.63, 3.8) is 0 Å². The third-order valence-electron chi connectivity index (χ3n) is 6.15. The summed E-state index contributed by atoms with van der Waals surface area (Å²) in [6.45, 7) is 0.345. The van der Waals surface area contributed by atoms with Gasteiger partial charge in [0.15, 0.2) is 0 Å². The number of fused-ring (bicyclic) bond motifs is 1. The van der Waals surface area contributed by atoms with Gasteiger partial charge >= 0.3 is 0 Å². The molecule has 1 saturated carbocycles. The molecule has 2 N–H and O–H groups in total. The zero-order chi connectivity index (χ0) is 20.1. The molecular formula is C20H21N5O4. The van der Waals surface area contributed by atoms with E-state index in [4.69, 9.17) is 0 Å². The average molecular weight is 395 g/mol. The maximum atomic E-state index is 12.9. The number of aliphatic hydroxyl groups excluding tert-OH is 1. The van der Waals surface area contributed by atoms with E-state index in [0.29, 0.717) is 24.2 Å². The maximum Gasteiger partial charge on any atom is 0.255 e. The predicted molar refractivity (Wildman–Crippen MR) is 100 cm³/mol. The highest BCUT2D eigenvalue weighted by atomic mass is 16.3. The number of aliphatic hydroxyl groups is 1. The molecule has 9 heteroatoms. The fourth-order valence-electron chi connectivity index (χ4n) is 4.54. The summed E-state index contributed by atoms with van der Waals surface area (Å²) in [6.07, 6.45) is 4.64. The van der Waals surface area contributed by atoms with E-state index in [9.17, 15) is 19.5 Å². The second-order valence-corrected chi connectivity index (χ2v) is 7.93. The first-order valence-corrected chi connectivity index (χ1v) is 9.89. The van der Waals surface area contributed by atoms with E-state index in [1.54, 1.807) is 16.9 Å². The lowest BCUT2D eigenvalue weighted by atomic mass is 10.0. The minimum absolute atomic E-state index is 0.00262. The van der Waals surface area contributed by atoms with E-state index >= 15 is 0 Å². The van der Waals surface area contributed by atoms with Gasteiger partial charge in [0.25, 0.3) is 5.91 Å². The standard InChI is InChI=1S/C20H21N5O4/c26-17-3-1-2-13(17)15-10-25(23-22-15)12-5-4-11-9-24(20(29)14(11)8-12)16-6-7-18(27)21-19(16)28/h4-5,8,10,13,16-17,26H,1-3,6-7,9H2,(H,21,27,28)/t13-,16?,17+/m0/s1. The summed E-state index contributed by atoms with van der Waals surface area (Å²) in [5, 5.41) is 20.8. The van der Waals surface area contributed by atoms with Crippen LogP contribution in [0, 0.1) is 0 Å². The molecule has 2 fully saturated rings. The number of rotatable bonds is 3. The van der Waals surface area contributed by atoms with Gasteiger partial charge in [-0.15, -0.1) is 5.10 Å². The van der Waals surface area contributed by atoms with Crippen molar-refractivity contribution in [3.8, 4) is 5.69 Å². The van der Waals surface area contributed by atoms with Crippen molar-refractivity contribution in [2.75, 3.05) is 0 Å². The SMILES string of the molecule is O=C1CCC(N2Cc3ccc(-n4cc([C@@H]5CCC[C@H]5O)nn4)cc3C2=O)C(=O)N1. The summed E-state index contributed by atoms with van der Waals surface area (Å²) in [6, 6.07) is 4.86. The maximum absolute atomic E-state index is 12.9. The normalized spacial score (nSPS) is 26.7. The Bertz CT molecular complexity index is 1020. The summed E-state index contributed by atoms with van der Waals surface area (Å²) in [5.74, 6) is -0.934. The lowest BCUT2D eigenvalue weighted by Crippen LogP contribution is -2.52. The fraction of sp³-hybridized carbons (Fsp3) is 0.450. The molecule has 1 saturated heterocycles. The van der Waals surface area contributed by atoms with Gasteiger partial charge in [-0.3, -0.25) is 19.7 Å². The highest BCUT2D eigenvalue weighted by Crippen LogP contribution is 2.34. The molecule has 0 spiro atoms. The third kappa shape index (κ3) is 3.02. The van der Waals surface area contributed by atoms with Crippen LogP contribution in [0.5, 0.6) is 0 Å². The van der Waals surface area contributed by atoms with Gasteiger partial charge in [-0.2, -0.15) is 0 Å². The van der Waals surface area contributed by atoms with Crippen molar-refractivity contribution in [2.45, 2.75) is 56.7 Å². The van der Waals surface area contributed by atoms with Crippen LogP contribution in [0.2, 0.25) is 0 Å². The summed E-state index contributed by atoms with van der Waals surface area (Å²) < 4.78 is 1.61. The Labute approximate surface area is 166 Å². The molecule has 3 amide bonds. The van der Waals surface area contributed by atoms with Gasteiger partial charge in [0.1, 0.15) is 6.04 Å². The second-order valence-electron chi connectivity index (χ2n) is 7.93. The van der Waals surface area contributed by atoms with Crippen molar-refractivity contribution in [2.24, 2.45) is 0 Å². The van der Waals surface area contributed by atoms with Crippen LogP contribution in [-0.2, 0) is 16.1 Å². The Morgan fingerprint density at radius 3 is 2.76 bits per heavy atom. The van der Waals surface area contributed by atoms with Crippen LogP contribution in [0.4, 0.5) is 0 Å². The van der Waals surface area contributed by atoms with E-state index < -0.39 is 11.9 Å². The number of hydrogen-bond acceptors (Lipinski definition) is 6. The molecule has 3 heterocycles. The number of piperidine rings is 1. The summed E-state index contributed by atoms with van der Waals surface area (Å²) in [7, 11) is 0. The second kappa shape index (κ2) is 6.77. The Hall–Kier alpha value is -3.07. The first kappa shape index (κ1) is 18.0. The molecule has 1 aromatic heterocycles. The third-order valence-corrected chi connectivity index (χ3v) is 6.15. The minimum Gasteiger partial charge on any atom is -0.392 e. The zero-order valence-corrected chi connectivity index (χ0v) is 15.7. The number of carbonyl (C=O) groups is 3. The summed E-state index contributed by atoms with van der Waals surface area (Å²) in [4.78, 5) is 38.0. The van der Waals surface area contributed by atoms with Gasteiger partial charge in [-0.1, -0.05) is 17.7 Å².